The molecule has 2 aromatic rings. The van der Waals surface area contributed by atoms with E-state index in [1.165, 1.54) is 16.7 Å². The molecule has 0 aliphatic heterocycles. The van der Waals surface area contributed by atoms with Crippen LogP contribution in [0.3, 0.4) is 0 Å². The fourth-order valence-electron chi connectivity index (χ4n) is 2.73. The molecule has 0 bridgehead atoms. The summed E-state index contributed by atoms with van der Waals surface area (Å²) in [6, 6.07) is 6.21. The van der Waals surface area contributed by atoms with Crippen LogP contribution in [0.1, 0.15) is 34.1 Å². The standard InChI is InChI=1S/C17H23N3O/c1-7-19(5)17(21)14-10-15(20(6)18-14)16-12(3)8-11(2)9-13(16)4/h8-10H,7H2,1-6H3. The molecule has 1 aromatic heterocycles. The predicted octanol–water partition coefficient (Wildman–Crippen LogP) is 3.10. The number of carbonyl (C=O) groups excluding carboxylic acids is 1. The first-order valence-corrected chi connectivity index (χ1v) is 7.22. The molecule has 0 aliphatic carbocycles. The Morgan fingerprint density at radius 1 is 1.19 bits per heavy atom. The molecule has 0 saturated heterocycles. The summed E-state index contributed by atoms with van der Waals surface area (Å²) in [6.07, 6.45) is 0. The summed E-state index contributed by atoms with van der Waals surface area (Å²) in [5, 5.41) is 4.39. The third-order valence-electron chi connectivity index (χ3n) is 3.85. The molecule has 1 heterocycles. The summed E-state index contributed by atoms with van der Waals surface area (Å²) in [6.45, 7) is 8.92. The molecular weight excluding hydrogens is 262 g/mol. The summed E-state index contributed by atoms with van der Waals surface area (Å²) in [7, 11) is 3.68. The zero-order valence-corrected chi connectivity index (χ0v) is 13.7. The number of hydrogen-bond donors (Lipinski definition) is 0. The number of aryl methyl sites for hydroxylation is 4. The molecule has 0 N–H and O–H groups in total. The van der Waals surface area contributed by atoms with Gasteiger partial charge in [0, 0.05) is 26.2 Å². The minimum atomic E-state index is -0.0400. The van der Waals surface area contributed by atoms with E-state index < -0.39 is 0 Å². The highest BCUT2D eigenvalue weighted by Gasteiger charge is 2.18. The molecule has 4 nitrogen and oxygen atoms in total. The topological polar surface area (TPSA) is 38.1 Å². The Kier molecular flexibility index (Phi) is 4.16. The van der Waals surface area contributed by atoms with Crippen LogP contribution in [0.2, 0.25) is 0 Å². The molecule has 1 amide bonds. The first kappa shape index (κ1) is 15.3. The van der Waals surface area contributed by atoms with Gasteiger partial charge in [0.05, 0.1) is 5.69 Å². The summed E-state index contributed by atoms with van der Waals surface area (Å²) >= 11 is 0. The number of rotatable bonds is 3. The third kappa shape index (κ3) is 2.84. The largest absolute Gasteiger partial charge is 0.341 e. The van der Waals surface area contributed by atoms with Crippen molar-refractivity contribution in [2.45, 2.75) is 27.7 Å². The van der Waals surface area contributed by atoms with Gasteiger partial charge in [0.15, 0.2) is 5.69 Å². The van der Waals surface area contributed by atoms with Crippen LogP contribution in [0.25, 0.3) is 11.3 Å². The lowest BCUT2D eigenvalue weighted by molar-refractivity contribution is 0.0796. The molecule has 112 valence electrons. The first-order chi connectivity index (χ1) is 9.85. The third-order valence-corrected chi connectivity index (χ3v) is 3.85. The number of nitrogens with zero attached hydrogens (tertiary/aromatic N) is 3. The van der Waals surface area contributed by atoms with Crippen LogP contribution in [0, 0.1) is 20.8 Å². The monoisotopic (exact) mass is 285 g/mol. The summed E-state index contributed by atoms with van der Waals surface area (Å²) in [5.41, 5.74) is 6.30. The molecule has 0 spiro atoms. The summed E-state index contributed by atoms with van der Waals surface area (Å²) in [5.74, 6) is -0.0400. The molecule has 1 aromatic carbocycles. The number of aromatic nitrogens is 2. The van der Waals surface area contributed by atoms with E-state index in [2.05, 4.69) is 38.0 Å². The Balaban J connectivity index is 2.52. The van der Waals surface area contributed by atoms with Crippen LogP contribution in [0.4, 0.5) is 0 Å². The highest BCUT2D eigenvalue weighted by molar-refractivity contribution is 5.93. The maximum atomic E-state index is 12.2. The van der Waals surface area contributed by atoms with E-state index in [0.717, 1.165) is 11.3 Å². The summed E-state index contributed by atoms with van der Waals surface area (Å²) in [4.78, 5) is 13.9. The molecular formula is C17H23N3O. The van der Waals surface area contributed by atoms with Crippen molar-refractivity contribution in [2.75, 3.05) is 13.6 Å². The number of carbonyl (C=O) groups is 1. The van der Waals surface area contributed by atoms with Crippen LogP contribution in [-0.4, -0.2) is 34.2 Å². The zero-order chi connectivity index (χ0) is 15.7. The van der Waals surface area contributed by atoms with Crippen molar-refractivity contribution in [1.82, 2.24) is 14.7 Å². The zero-order valence-electron chi connectivity index (χ0n) is 13.7. The summed E-state index contributed by atoms with van der Waals surface area (Å²) < 4.78 is 1.79. The lowest BCUT2D eigenvalue weighted by Gasteiger charge is -2.11. The molecule has 0 fully saturated rings. The molecule has 0 atom stereocenters. The van der Waals surface area contributed by atoms with Crippen LogP contribution in [0.15, 0.2) is 18.2 Å². The van der Waals surface area contributed by atoms with Crippen molar-refractivity contribution in [3.63, 3.8) is 0 Å². The number of hydrogen-bond acceptors (Lipinski definition) is 2. The van der Waals surface area contributed by atoms with E-state index in [9.17, 15) is 4.79 Å². The van der Waals surface area contributed by atoms with Crippen molar-refractivity contribution in [3.8, 4) is 11.3 Å². The Hall–Kier alpha value is -2.10. The van der Waals surface area contributed by atoms with E-state index in [-0.39, 0.29) is 5.91 Å². The minimum absolute atomic E-state index is 0.0400. The van der Waals surface area contributed by atoms with Gasteiger partial charge in [0.1, 0.15) is 0 Å². The fourth-order valence-corrected chi connectivity index (χ4v) is 2.73. The van der Waals surface area contributed by atoms with Crippen molar-refractivity contribution < 1.29 is 4.79 Å². The van der Waals surface area contributed by atoms with Gasteiger partial charge in [-0.15, -0.1) is 0 Å². The normalized spacial score (nSPS) is 10.8. The average molecular weight is 285 g/mol. The van der Waals surface area contributed by atoms with E-state index in [1.54, 1.807) is 16.6 Å². The Morgan fingerprint density at radius 2 is 1.76 bits per heavy atom. The van der Waals surface area contributed by atoms with Gasteiger partial charge in [0.2, 0.25) is 0 Å². The van der Waals surface area contributed by atoms with E-state index >= 15 is 0 Å². The van der Waals surface area contributed by atoms with Gasteiger partial charge in [-0.1, -0.05) is 17.7 Å². The number of benzene rings is 1. The molecule has 0 radical (unpaired) electrons. The van der Waals surface area contributed by atoms with Crippen LogP contribution in [-0.2, 0) is 7.05 Å². The van der Waals surface area contributed by atoms with Gasteiger partial charge in [-0.25, -0.2) is 0 Å². The van der Waals surface area contributed by atoms with Crippen molar-refractivity contribution in [3.05, 3.63) is 40.6 Å². The Labute approximate surface area is 126 Å². The molecule has 0 unspecified atom stereocenters. The number of amides is 1. The van der Waals surface area contributed by atoms with Crippen LogP contribution < -0.4 is 0 Å². The van der Waals surface area contributed by atoms with Gasteiger partial charge in [0.25, 0.3) is 5.91 Å². The SMILES string of the molecule is CCN(C)C(=O)c1cc(-c2c(C)cc(C)cc2C)n(C)n1. The Bertz CT molecular complexity index is 662. The van der Waals surface area contributed by atoms with Gasteiger partial charge in [-0.3, -0.25) is 9.48 Å². The van der Waals surface area contributed by atoms with E-state index in [4.69, 9.17) is 0 Å². The van der Waals surface area contributed by atoms with Gasteiger partial charge < -0.3 is 4.90 Å². The maximum Gasteiger partial charge on any atom is 0.274 e. The quantitative estimate of drug-likeness (QED) is 0.869. The van der Waals surface area contributed by atoms with Crippen molar-refractivity contribution in [2.24, 2.45) is 7.05 Å². The smallest absolute Gasteiger partial charge is 0.274 e. The maximum absolute atomic E-state index is 12.2. The van der Waals surface area contributed by atoms with E-state index in [0.29, 0.717) is 12.2 Å². The fraction of sp³-hybridized carbons (Fsp3) is 0.412. The molecule has 21 heavy (non-hydrogen) atoms. The first-order valence-electron chi connectivity index (χ1n) is 7.22. The molecule has 4 heteroatoms. The van der Waals surface area contributed by atoms with Crippen molar-refractivity contribution in [1.29, 1.82) is 0 Å². The second-order valence-corrected chi connectivity index (χ2v) is 5.63. The van der Waals surface area contributed by atoms with Gasteiger partial charge >= 0.3 is 0 Å². The lowest BCUT2D eigenvalue weighted by atomic mass is 9.97. The van der Waals surface area contributed by atoms with Gasteiger partial charge in [-0.05, 0) is 44.9 Å². The lowest BCUT2D eigenvalue weighted by Crippen LogP contribution is -2.26. The Morgan fingerprint density at radius 3 is 2.29 bits per heavy atom. The molecule has 2 rings (SSSR count). The van der Waals surface area contributed by atoms with E-state index in [1.807, 2.05) is 20.0 Å². The van der Waals surface area contributed by atoms with Crippen LogP contribution in [0.5, 0.6) is 0 Å². The minimum Gasteiger partial charge on any atom is -0.341 e. The van der Waals surface area contributed by atoms with Crippen LogP contribution >= 0.6 is 0 Å². The highest BCUT2D eigenvalue weighted by atomic mass is 16.2. The highest BCUT2D eigenvalue weighted by Crippen LogP contribution is 2.28. The van der Waals surface area contributed by atoms with Crippen molar-refractivity contribution >= 4 is 5.91 Å². The molecule has 0 saturated carbocycles. The molecule has 0 aliphatic rings. The average Bonchev–Trinajstić information content (AvgIpc) is 2.78. The predicted molar refractivity (Wildman–Crippen MR) is 85.5 cm³/mol. The van der Waals surface area contributed by atoms with Gasteiger partial charge in [-0.2, -0.15) is 5.10 Å². The second-order valence-electron chi connectivity index (χ2n) is 5.63. The second kappa shape index (κ2) is 5.72.